The van der Waals surface area contributed by atoms with Gasteiger partial charge in [0.15, 0.2) is 5.16 Å². The van der Waals surface area contributed by atoms with Crippen molar-refractivity contribution in [1.82, 2.24) is 9.97 Å². The normalized spacial score (nSPS) is 11.8. The molecule has 0 bridgehead atoms. The van der Waals surface area contributed by atoms with E-state index in [0.29, 0.717) is 33.5 Å². The van der Waals surface area contributed by atoms with Gasteiger partial charge in [0.05, 0.1) is 19.9 Å². The monoisotopic (exact) mass is 375 g/mol. The smallest absolute Gasteiger partial charge is 0.254 e. The van der Waals surface area contributed by atoms with Gasteiger partial charge in [-0.1, -0.05) is 30.7 Å². The first-order valence-electron chi connectivity index (χ1n) is 7.94. The number of aromatic amines is 1. The average molecular weight is 375 g/mol. The number of methoxy groups -OCH3 is 2. The Labute approximate surface area is 155 Å². The molecule has 0 radical (unpaired) electrons. The highest BCUT2D eigenvalue weighted by Crippen LogP contribution is 2.33. The third kappa shape index (κ3) is 4.50. The van der Waals surface area contributed by atoms with Gasteiger partial charge in [-0.25, -0.2) is 4.98 Å². The number of nitrogens with one attached hydrogen (secondary N) is 1. The highest BCUT2D eigenvalue weighted by molar-refractivity contribution is 7.99. The molecule has 0 aliphatic carbocycles. The van der Waals surface area contributed by atoms with Crippen molar-refractivity contribution in [3.8, 4) is 11.5 Å². The van der Waals surface area contributed by atoms with E-state index in [1.807, 2.05) is 13.8 Å². The molecule has 0 saturated heterocycles. The third-order valence-electron chi connectivity index (χ3n) is 3.63. The number of hydrogen-bond donors (Lipinski definition) is 1. The maximum Gasteiger partial charge on any atom is 0.254 e. The van der Waals surface area contributed by atoms with E-state index in [1.165, 1.54) is 26.0 Å². The summed E-state index contributed by atoms with van der Waals surface area (Å²) < 4.78 is 10.6. The molecule has 0 aliphatic heterocycles. The maximum atomic E-state index is 12.3. The van der Waals surface area contributed by atoms with Crippen molar-refractivity contribution < 1.29 is 9.47 Å². The lowest BCUT2D eigenvalue weighted by Gasteiger charge is -2.17. The molecule has 1 heterocycles. The topological polar surface area (TPSA) is 113 Å². The summed E-state index contributed by atoms with van der Waals surface area (Å²) in [5, 5.41) is 4.61. The van der Waals surface area contributed by atoms with Crippen molar-refractivity contribution in [1.29, 1.82) is 0 Å². The summed E-state index contributed by atoms with van der Waals surface area (Å²) in [6.07, 6.45) is 0. The molecule has 1 N–H and O–H groups in total. The van der Waals surface area contributed by atoms with Crippen LogP contribution in [0.4, 0.5) is 0 Å². The molecule has 0 aliphatic rings. The van der Waals surface area contributed by atoms with E-state index in [4.69, 9.17) is 15.0 Å². The molecule has 0 fully saturated rings. The molecule has 138 valence electrons. The zero-order chi connectivity index (χ0) is 19.3. The molecule has 0 amide bonds. The molecule has 0 saturated carbocycles. The van der Waals surface area contributed by atoms with Gasteiger partial charge in [0.1, 0.15) is 17.5 Å². The van der Waals surface area contributed by atoms with E-state index < -0.39 is 6.04 Å². The van der Waals surface area contributed by atoms with Gasteiger partial charge in [-0.05, 0) is 30.2 Å². The zero-order valence-electron chi connectivity index (χ0n) is 15.3. The molecule has 1 aromatic carbocycles. The molecule has 26 heavy (non-hydrogen) atoms. The highest BCUT2D eigenvalue weighted by Gasteiger charge is 2.21. The van der Waals surface area contributed by atoms with E-state index in [2.05, 4.69) is 20.0 Å². The predicted molar refractivity (Wildman–Crippen MR) is 101 cm³/mol. The molecule has 9 heteroatoms. The standard InChI is InChI=1S/C17H21N5O3S/c1-9(2)26-17-19-14(10(3)16(23)20-17)15(21-22-18)11-6-12(24-4)8-13(7-11)25-5/h6-9,15H,1-5H3,(H,19,20,23). The van der Waals surface area contributed by atoms with Crippen LogP contribution in [0.3, 0.4) is 0 Å². The van der Waals surface area contributed by atoms with E-state index in [0.717, 1.165) is 0 Å². The number of ether oxygens (including phenoxy) is 2. The lowest BCUT2D eigenvalue weighted by atomic mass is 10.0. The number of H-pyrrole nitrogens is 1. The van der Waals surface area contributed by atoms with Gasteiger partial charge in [0, 0.05) is 21.8 Å². The number of hydrogen-bond acceptors (Lipinski definition) is 6. The number of benzene rings is 1. The summed E-state index contributed by atoms with van der Waals surface area (Å²) in [7, 11) is 3.07. The Morgan fingerprint density at radius 3 is 2.35 bits per heavy atom. The second kappa shape index (κ2) is 8.64. The van der Waals surface area contributed by atoms with E-state index >= 15 is 0 Å². The van der Waals surface area contributed by atoms with E-state index in [9.17, 15) is 4.79 Å². The molecule has 1 atom stereocenters. The fourth-order valence-electron chi connectivity index (χ4n) is 2.39. The van der Waals surface area contributed by atoms with Gasteiger partial charge < -0.3 is 14.5 Å². The van der Waals surface area contributed by atoms with Crippen LogP contribution in [0.5, 0.6) is 11.5 Å². The van der Waals surface area contributed by atoms with Crippen molar-refractivity contribution in [2.24, 2.45) is 5.11 Å². The number of rotatable bonds is 7. The average Bonchev–Trinajstić information content (AvgIpc) is 2.61. The molecule has 2 aromatic rings. The number of azide groups is 1. The van der Waals surface area contributed by atoms with Crippen LogP contribution in [0.15, 0.2) is 33.3 Å². The minimum Gasteiger partial charge on any atom is -0.497 e. The molecule has 1 aromatic heterocycles. The van der Waals surface area contributed by atoms with Gasteiger partial charge in [-0.15, -0.1) is 0 Å². The minimum absolute atomic E-state index is 0.239. The summed E-state index contributed by atoms with van der Waals surface area (Å²) in [5.74, 6) is 1.11. The summed E-state index contributed by atoms with van der Waals surface area (Å²) in [5.41, 5.74) is 10.2. The van der Waals surface area contributed by atoms with Crippen LogP contribution in [0.2, 0.25) is 0 Å². The lowest BCUT2D eigenvalue weighted by Crippen LogP contribution is -2.18. The quantitative estimate of drug-likeness (QED) is 0.258. The van der Waals surface area contributed by atoms with Gasteiger partial charge in [-0.2, -0.15) is 0 Å². The van der Waals surface area contributed by atoms with Crippen LogP contribution in [0.1, 0.15) is 36.7 Å². The first-order valence-corrected chi connectivity index (χ1v) is 8.82. The minimum atomic E-state index is -0.780. The van der Waals surface area contributed by atoms with Crippen molar-refractivity contribution in [2.75, 3.05) is 14.2 Å². The largest absolute Gasteiger partial charge is 0.497 e. The number of thioether (sulfide) groups is 1. The number of nitrogens with zero attached hydrogens (tertiary/aromatic N) is 4. The predicted octanol–water partition coefficient (Wildman–Crippen LogP) is 4.00. The second-order valence-corrected chi connectivity index (χ2v) is 7.37. The first-order chi connectivity index (χ1) is 12.4. The van der Waals surface area contributed by atoms with Crippen molar-refractivity contribution in [3.05, 3.63) is 55.8 Å². The van der Waals surface area contributed by atoms with Crippen LogP contribution in [-0.4, -0.2) is 29.4 Å². The van der Waals surface area contributed by atoms with Crippen molar-refractivity contribution in [2.45, 2.75) is 37.2 Å². The molecule has 1 unspecified atom stereocenters. The first kappa shape index (κ1) is 19.7. The van der Waals surface area contributed by atoms with Crippen LogP contribution in [0.25, 0.3) is 10.4 Å². The Morgan fingerprint density at radius 1 is 1.23 bits per heavy atom. The van der Waals surface area contributed by atoms with Gasteiger partial charge >= 0.3 is 0 Å². The SMILES string of the molecule is COc1cc(OC)cc(C(N=[N+]=[N-])c2nc(SC(C)C)[nH]c(=O)c2C)c1. The summed E-state index contributed by atoms with van der Waals surface area (Å²) in [6.45, 7) is 5.66. The Bertz CT molecular complexity index is 868. The molecular weight excluding hydrogens is 354 g/mol. The molecule has 8 nitrogen and oxygen atoms in total. The Kier molecular flexibility index (Phi) is 6.54. The van der Waals surface area contributed by atoms with Crippen molar-refractivity contribution >= 4 is 11.8 Å². The Hall–Kier alpha value is -2.64. The highest BCUT2D eigenvalue weighted by atomic mass is 32.2. The maximum absolute atomic E-state index is 12.3. The van der Waals surface area contributed by atoms with Crippen LogP contribution < -0.4 is 15.0 Å². The van der Waals surface area contributed by atoms with E-state index in [1.54, 1.807) is 25.1 Å². The lowest BCUT2D eigenvalue weighted by molar-refractivity contribution is 0.393. The summed E-state index contributed by atoms with van der Waals surface area (Å²) in [4.78, 5) is 22.6. The third-order valence-corrected chi connectivity index (χ3v) is 4.52. The molecule has 2 rings (SSSR count). The molecular formula is C17H21N5O3S. The van der Waals surface area contributed by atoms with Gasteiger partial charge in [0.2, 0.25) is 0 Å². The molecule has 0 spiro atoms. The van der Waals surface area contributed by atoms with Crippen LogP contribution in [-0.2, 0) is 0 Å². The van der Waals surface area contributed by atoms with Gasteiger partial charge in [0.25, 0.3) is 5.56 Å². The second-order valence-electron chi connectivity index (χ2n) is 5.80. The zero-order valence-corrected chi connectivity index (χ0v) is 16.1. The van der Waals surface area contributed by atoms with Crippen molar-refractivity contribution in [3.63, 3.8) is 0 Å². The summed E-state index contributed by atoms with van der Waals surface area (Å²) in [6, 6.07) is 4.41. The van der Waals surface area contributed by atoms with Crippen LogP contribution in [0, 0.1) is 6.92 Å². The Balaban J connectivity index is 2.66. The van der Waals surface area contributed by atoms with E-state index in [-0.39, 0.29) is 10.8 Å². The van der Waals surface area contributed by atoms with Gasteiger partial charge in [-0.3, -0.25) is 4.79 Å². The fourth-order valence-corrected chi connectivity index (χ4v) is 3.14. The summed E-state index contributed by atoms with van der Waals surface area (Å²) >= 11 is 1.43. The fraction of sp³-hybridized carbons (Fsp3) is 0.412. The van der Waals surface area contributed by atoms with Crippen LogP contribution >= 0.6 is 11.8 Å². The Morgan fingerprint density at radius 2 is 1.85 bits per heavy atom. The number of aromatic nitrogens is 2.